The molecule has 0 unspecified atom stereocenters. The van der Waals surface area contributed by atoms with Crippen LogP contribution >= 0.6 is 0 Å². The van der Waals surface area contributed by atoms with Crippen LogP contribution in [0.4, 0.5) is 0 Å². The van der Waals surface area contributed by atoms with Gasteiger partial charge >= 0.3 is 11.8 Å². The van der Waals surface area contributed by atoms with Crippen molar-refractivity contribution in [2.24, 2.45) is 17.1 Å². The summed E-state index contributed by atoms with van der Waals surface area (Å²) in [6.07, 6.45) is 11.8. The summed E-state index contributed by atoms with van der Waals surface area (Å²) in [7, 11) is 0. The normalized spacial score (nSPS) is 30.0. The molecule has 23 heavy (non-hydrogen) atoms. The number of hydrogen-bond donors (Lipinski definition) is 1. The van der Waals surface area contributed by atoms with Gasteiger partial charge in [-0.2, -0.15) is 0 Å². The third-order valence-electron chi connectivity index (χ3n) is 6.26. The quantitative estimate of drug-likeness (QED) is 0.806. The van der Waals surface area contributed by atoms with Gasteiger partial charge in [0.05, 0.1) is 0 Å². The van der Waals surface area contributed by atoms with Crippen molar-refractivity contribution in [3.8, 4) is 0 Å². The van der Waals surface area contributed by atoms with Crippen molar-refractivity contribution in [1.29, 1.82) is 0 Å². The lowest BCUT2D eigenvalue weighted by Crippen LogP contribution is -2.47. The summed E-state index contributed by atoms with van der Waals surface area (Å²) >= 11 is 0. The standard InChI is InChI=1S/C18H31N3O2/c19-16(22)17(23)21-12-9-18(14-21)8-4-10-20(13-18)11-7-15-5-2-1-3-6-15/h15H,1-14H2,(H2,19,22)/t18-/m0/s1. The first-order valence-corrected chi connectivity index (χ1v) is 9.39. The first kappa shape index (κ1) is 16.7. The highest BCUT2D eigenvalue weighted by Gasteiger charge is 2.43. The monoisotopic (exact) mass is 321 g/mol. The van der Waals surface area contributed by atoms with Crippen molar-refractivity contribution in [3.63, 3.8) is 0 Å². The molecule has 1 atom stereocenters. The Kier molecular flexibility index (Phi) is 5.24. The third-order valence-corrected chi connectivity index (χ3v) is 6.26. The molecule has 1 saturated carbocycles. The lowest BCUT2D eigenvalue weighted by molar-refractivity contribution is -0.143. The number of rotatable bonds is 3. The van der Waals surface area contributed by atoms with Crippen LogP contribution in [0.25, 0.3) is 0 Å². The number of amides is 2. The number of primary amides is 1. The van der Waals surface area contributed by atoms with Crippen LogP contribution in [0.5, 0.6) is 0 Å². The molecule has 3 fully saturated rings. The molecule has 0 radical (unpaired) electrons. The lowest BCUT2D eigenvalue weighted by atomic mass is 9.79. The molecule has 2 aliphatic heterocycles. The minimum atomic E-state index is -0.813. The van der Waals surface area contributed by atoms with Crippen molar-refractivity contribution in [2.75, 3.05) is 32.7 Å². The molecule has 0 aromatic rings. The number of likely N-dealkylation sites (tertiary alicyclic amines) is 2. The minimum Gasteiger partial charge on any atom is -0.361 e. The zero-order valence-electron chi connectivity index (χ0n) is 14.3. The number of nitrogens with two attached hydrogens (primary N) is 1. The Bertz CT molecular complexity index is 448. The van der Waals surface area contributed by atoms with Gasteiger partial charge in [-0.1, -0.05) is 32.1 Å². The minimum absolute atomic E-state index is 0.204. The summed E-state index contributed by atoms with van der Waals surface area (Å²) in [5.74, 6) is -0.383. The second-order valence-corrected chi connectivity index (χ2v) is 8.01. The van der Waals surface area contributed by atoms with Gasteiger partial charge in [-0.25, -0.2) is 0 Å². The molecular weight excluding hydrogens is 290 g/mol. The van der Waals surface area contributed by atoms with E-state index < -0.39 is 11.8 Å². The second kappa shape index (κ2) is 7.20. The molecule has 1 aliphatic carbocycles. The summed E-state index contributed by atoms with van der Waals surface area (Å²) in [4.78, 5) is 27.2. The molecule has 3 aliphatic rings. The molecule has 2 amide bonds. The highest BCUT2D eigenvalue weighted by Crippen LogP contribution is 2.39. The highest BCUT2D eigenvalue weighted by molar-refractivity contribution is 6.34. The van der Waals surface area contributed by atoms with E-state index in [4.69, 9.17) is 5.73 Å². The predicted octanol–water partition coefficient (Wildman–Crippen LogP) is 1.76. The van der Waals surface area contributed by atoms with Crippen LogP contribution in [0, 0.1) is 11.3 Å². The van der Waals surface area contributed by atoms with Gasteiger partial charge in [0.2, 0.25) is 0 Å². The fraction of sp³-hybridized carbons (Fsp3) is 0.889. The van der Waals surface area contributed by atoms with Gasteiger partial charge in [0.25, 0.3) is 0 Å². The number of carbonyl (C=O) groups excluding carboxylic acids is 2. The molecule has 2 saturated heterocycles. The van der Waals surface area contributed by atoms with Crippen molar-refractivity contribution in [3.05, 3.63) is 0 Å². The number of piperidine rings is 1. The van der Waals surface area contributed by atoms with Crippen LogP contribution in [0.3, 0.4) is 0 Å². The van der Waals surface area contributed by atoms with Crippen LogP contribution in [0.15, 0.2) is 0 Å². The summed E-state index contributed by atoms with van der Waals surface area (Å²) in [6, 6.07) is 0. The van der Waals surface area contributed by atoms with Gasteiger partial charge in [0, 0.05) is 25.0 Å². The van der Waals surface area contributed by atoms with E-state index in [0.29, 0.717) is 13.1 Å². The third kappa shape index (κ3) is 4.06. The number of nitrogens with zero attached hydrogens (tertiary/aromatic N) is 2. The summed E-state index contributed by atoms with van der Waals surface area (Å²) < 4.78 is 0. The van der Waals surface area contributed by atoms with E-state index in [1.165, 1.54) is 64.5 Å². The van der Waals surface area contributed by atoms with Gasteiger partial charge in [0.15, 0.2) is 0 Å². The van der Waals surface area contributed by atoms with Crippen LogP contribution in [-0.2, 0) is 9.59 Å². The lowest BCUT2D eigenvalue weighted by Gasteiger charge is -2.41. The first-order valence-electron chi connectivity index (χ1n) is 9.39. The molecule has 1 spiro atoms. The average molecular weight is 321 g/mol. The molecular formula is C18H31N3O2. The second-order valence-electron chi connectivity index (χ2n) is 8.01. The summed E-state index contributed by atoms with van der Waals surface area (Å²) in [5, 5.41) is 0. The molecule has 5 heteroatoms. The van der Waals surface area contributed by atoms with E-state index in [0.717, 1.165) is 18.9 Å². The largest absolute Gasteiger partial charge is 0.361 e. The predicted molar refractivity (Wildman–Crippen MR) is 89.7 cm³/mol. The maximum absolute atomic E-state index is 11.8. The van der Waals surface area contributed by atoms with E-state index in [9.17, 15) is 9.59 Å². The fourth-order valence-corrected chi connectivity index (χ4v) is 4.94. The van der Waals surface area contributed by atoms with Gasteiger partial charge < -0.3 is 15.5 Å². The summed E-state index contributed by atoms with van der Waals surface area (Å²) in [6.45, 7) is 4.89. The van der Waals surface area contributed by atoms with Gasteiger partial charge in [-0.3, -0.25) is 9.59 Å². The van der Waals surface area contributed by atoms with Crippen LogP contribution in [-0.4, -0.2) is 54.3 Å². The molecule has 3 rings (SSSR count). The van der Waals surface area contributed by atoms with E-state index in [1.54, 1.807) is 4.90 Å². The Labute approximate surface area is 139 Å². The SMILES string of the molecule is NC(=O)C(=O)N1CC[C@]2(CCCN(CCC3CCCCC3)C2)C1. The molecule has 2 N–H and O–H groups in total. The van der Waals surface area contributed by atoms with E-state index in [-0.39, 0.29) is 5.41 Å². The van der Waals surface area contributed by atoms with Crippen molar-refractivity contribution in [2.45, 2.75) is 57.8 Å². The molecule has 0 aromatic carbocycles. The van der Waals surface area contributed by atoms with E-state index in [1.807, 2.05) is 0 Å². The molecule has 0 aromatic heterocycles. The Balaban J connectivity index is 1.50. The Hall–Kier alpha value is -1.10. The maximum atomic E-state index is 11.8. The Morgan fingerprint density at radius 2 is 1.78 bits per heavy atom. The number of carbonyl (C=O) groups is 2. The van der Waals surface area contributed by atoms with Crippen LogP contribution in [0.2, 0.25) is 0 Å². The van der Waals surface area contributed by atoms with E-state index in [2.05, 4.69) is 4.90 Å². The zero-order valence-corrected chi connectivity index (χ0v) is 14.3. The van der Waals surface area contributed by atoms with Crippen molar-refractivity contribution in [1.82, 2.24) is 9.80 Å². The Morgan fingerprint density at radius 1 is 1.00 bits per heavy atom. The average Bonchev–Trinajstić information content (AvgIpc) is 2.96. The van der Waals surface area contributed by atoms with Crippen LogP contribution < -0.4 is 5.73 Å². The molecule has 130 valence electrons. The molecule has 2 heterocycles. The van der Waals surface area contributed by atoms with Gasteiger partial charge in [0.1, 0.15) is 0 Å². The van der Waals surface area contributed by atoms with Crippen molar-refractivity contribution >= 4 is 11.8 Å². The smallest absolute Gasteiger partial charge is 0.311 e. The first-order chi connectivity index (χ1) is 11.1. The van der Waals surface area contributed by atoms with E-state index >= 15 is 0 Å². The molecule has 5 nitrogen and oxygen atoms in total. The van der Waals surface area contributed by atoms with Gasteiger partial charge in [-0.15, -0.1) is 0 Å². The maximum Gasteiger partial charge on any atom is 0.311 e. The van der Waals surface area contributed by atoms with Crippen LogP contribution in [0.1, 0.15) is 57.8 Å². The van der Waals surface area contributed by atoms with Gasteiger partial charge in [-0.05, 0) is 44.7 Å². The highest BCUT2D eigenvalue weighted by atomic mass is 16.2. The summed E-state index contributed by atoms with van der Waals surface area (Å²) in [5.41, 5.74) is 5.36. The van der Waals surface area contributed by atoms with Crippen molar-refractivity contribution < 1.29 is 9.59 Å². The molecule has 0 bridgehead atoms. The number of hydrogen-bond acceptors (Lipinski definition) is 3. The topological polar surface area (TPSA) is 66.6 Å². The fourth-order valence-electron chi connectivity index (χ4n) is 4.94. The zero-order chi connectivity index (χ0) is 16.3. The Morgan fingerprint density at radius 3 is 2.52 bits per heavy atom.